The number of aromatic nitrogens is 1. The highest BCUT2D eigenvalue weighted by Crippen LogP contribution is 2.22. The Hall–Kier alpha value is -1.12. The SMILES string of the molecule is CC(C)c1ccc(N2CCCC2)nc1F. The molecule has 0 amide bonds. The van der Waals surface area contributed by atoms with Crippen LogP contribution in [0.4, 0.5) is 10.2 Å². The molecular formula is C12H17FN2. The Kier molecular flexibility index (Phi) is 2.89. The van der Waals surface area contributed by atoms with E-state index >= 15 is 0 Å². The fourth-order valence-electron chi connectivity index (χ4n) is 1.99. The van der Waals surface area contributed by atoms with Gasteiger partial charge in [-0.3, -0.25) is 0 Å². The summed E-state index contributed by atoms with van der Waals surface area (Å²) in [6, 6.07) is 3.80. The molecule has 0 saturated carbocycles. The van der Waals surface area contributed by atoms with Crippen molar-refractivity contribution in [1.29, 1.82) is 0 Å². The smallest absolute Gasteiger partial charge is 0.218 e. The predicted molar refractivity (Wildman–Crippen MR) is 59.7 cm³/mol. The average molecular weight is 208 g/mol. The molecule has 2 rings (SSSR count). The van der Waals surface area contributed by atoms with Crippen LogP contribution in [0.1, 0.15) is 38.2 Å². The largest absolute Gasteiger partial charge is 0.357 e. The van der Waals surface area contributed by atoms with E-state index in [2.05, 4.69) is 9.88 Å². The van der Waals surface area contributed by atoms with Crippen molar-refractivity contribution >= 4 is 5.82 Å². The number of anilines is 1. The van der Waals surface area contributed by atoms with Crippen molar-refractivity contribution in [3.05, 3.63) is 23.6 Å². The Bertz CT molecular complexity index is 343. The molecule has 2 nitrogen and oxygen atoms in total. The van der Waals surface area contributed by atoms with Crippen LogP contribution in [0.2, 0.25) is 0 Å². The lowest BCUT2D eigenvalue weighted by molar-refractivity contribution is 0.556. The lowest BCUT2D eigenvalue weighted by Crippen LogP contribution is -2.19. The zero-order valence-electron chi connectivity index (χ0n) is 9.33. The van der Waals surface area contributed by atoms with Gasteiger partial charge in [0.05, 0.1) is 0 Å². The van der Waals surface area contributed by atoms with Crippen LogP contribution >= 0.6 is 0 Å². The molecule has 0 N–H and O–H groups in total. The van der Waals surface area contributed by atoms with Gasteiger partial charge in [-0.15, -0.1) is 0 Å². The Morgan fingerprint density at radius 1 is 1.27 bits per heavy atom. The second-order valence-corrected chi connectivity index (χ2v) is 4.40. The van der Waals surface area contributed by atoms with E-state index in [1.165, 1.54) is 12.8 Å². The van der Waals surface area contributed by atoms with Gasteiger partial charge in [0, 0.05) is 18.7 Å². The summed E-state index contributed by atoms with van der Waals surface area (Å²) in [5.41, 5.74) is 0.706. The van der Waals surface area contributed by atoms with E-state index in [0.717, 1.165) is 18.9 Å². The first-order valence-electron chi connectivity index (χ1n) is 5.60. The molecule has 0 unspecified atom stereocenters. The minimum absolute atomic E-state index is 0.199. The maximum Gasteiger partial charge on any atom is 0.218 e. The minimum Gasteiger partial charge on any atom is -0.357 e. The second-order valence-electron chi connectivity index (χ2n) is 4.40. The van der Waals surface area contributed by atoms with Gasteiger partial charge >= 0.3 is 0 Å². The Balaban J connectivity index is 2.24. The Morgan fingerprint density at radius 3 is 2.47 bits per heavy atom. The first-order valence-corrected chi connectivity index (χ1v) is 5.60. The topological polar surface area (TPSA) is 16.1 Å². The van der Waals surface area contributed by atoms with E-state index in [0.29, 0.717) is 5.56 Å². The van der Waals surface area contributed by atoms with Crippen molar-refractivity contribution in [1.82, 2.24) is 4.98 Å². The molecule has 1 aliphatic rings. The highest BCUT2D eigenvalue weighted by Gasteiger charge is 2.16. The van der Waals surface area contributed by atoms with Gasteiger partial charge in [0.1, 0.15) is 5.82 Å². The Labute approximate surface area is 90.1 Å². The van der Waals surface area contributed by atoms with Crippen LogP contribution in [0.5, 0.6) is 0 Å². The van der Waals surface area contributed by atoms with Crippen LogP contribution in [0.3, 0.4) is 0 Å². The van der Waals surface area contributed by atoms with Gasteiger partial charge in [-0.05, 0) is 24.8 Å². The number of halogens is 1. The van der Waals surface area contributed by atoms with E-state index < -0.39 is 0 Å². The minimum atomic E-state index is -0.311. The molecule has 0 radical (unpaired) electrons. The molecule has 1 saturated heterocycles. The summed E-state index contributed by atoms with van der Waals surface area (Å²) in [5, 5.41) is 0. The first kappa shape index (κ1) is 10.4. The van der Waals surface area contributed by atoms with Crippen molar-refractivity contribution in [2.45, 2.75) is 32.6 Å². The van der Waals surface area contributed by atoms with E-state index in [1.807, 2.05) is 26.0 Å². The van der Waals surface area contributed by atoms with Gasteiger partial charge < -0.3 is 4.90 Å². The van der Waals surface area contributed by atoms with Crippen LogP contribution in [0.15, 0.2) is 12.1 Å². The molecular weight excluding hydrogens is 191 g/mol. The third-order valence-corrected chi connectivity index (χ3v) is 2.91. The third-order valence-electron chi connectivity index (χ3n) is 2.91. The molecule has 0 spiro atoms. The van der Waals surface area contributed by atoms with E-state index in [-0.39, 0.29) is 11.9 Å². The summed E-state index contributed by atoms with van der Waals surface area (Å²) in [4.78, 5) is 6.18. The highest BCUT2D eigenvalue weighted by atomic mass is 19.1. The second kappa shape index (κ2) is 4.17. The van der Waals surface area contributed by atoms with Crippen LogP contribution in [0, 0.1) is 5.95 Å². The predicted octanol–water partition coefficient (Wildman–Crippen LogP) is 2.94. The fourth-order valence-corrected chi connectivity index (χ4v) is 1.99. The normalized spacial score (nSPS) is 16.4. The number of pyridine rings is 1. The monoisotopic (exact) mass is 208 g/mol. The van der Waals surface area contributed by atoms with Gasteiger partial charge in [0.2, 0.25) is 5.95 Å². The van der Waals surface area contributed by atoms with Gasteiger partial charge in [0.15, 0.2) is 0 Å². The summed E-state index contributed by atoms with van der Waals surface area (Å²) in [6.07, 6.45) is 2.38. The van der Waals surface area contributed by atoms with Gasteiger partial charge in [-0.2, -0.15) is 4.39 Å². The zero-order valence-corrected chi connectivity index (χ0v) is 9.33. The molecule has 3 heteroatoms. The number of rotatable bonds is 2. The van der Waals surface area contributed by atoms with Crippen LogP contribution < -0.4 is 4.90 Å². The molecule has 1 aromatic heterocycles. The maximum atomic E-state index is 13.6. The fraction of sp³-hybridized carbons (Fsp3) is 0.583. The van der Waals surface area contributed by atoms with Crippen molar-refractivity contribution in [2.75, 3.05) is 18.0 Å². The molecule has 15 heavy (non-hydrogen) atoms. The molecule has 1 aliphatic heterocycles. The van der Waals surface area contributed by atoms with E-state index in [1.54, 1.807) is 0 Å². The number of hydrogen-bond acceptors (Lipinski definition) is 2. The van der Waals surface area contributed by atoms with Gasteiger partial charge in [-0.1, -0.05) is 19.9 Å². The molecule has 0 aromatic carbocycles. The molecule has 0 aliphatic carbocycles. The number of nitrogens with zero attached hydrogens (tertiary/aromatic N) is 2. The van der Waals surface area contributed by atoms with Gasteiger partial charge in [0.25, 0.3) is 0 Å². The van der Waals surface area contributed by atoms with Crippen LogP contribution in [-0.4, -0.2) is 18.1 Å². The lowest BCUT2D eigenvalue weighted by Gasteiger charge is -2.17. The average Bonchev–Trinajstić information content (AvgIpc) is 2.69. The van der Waals surface area contributed by atoms with Crippen LogP contribution in [0.25, 0.3) is 0 Å². The molecule has 1 fully saturated rings. The molecule has 0 bridgehead atoms. The standard InChI is InChI=1S/C12H17FN2/c1-9(2)10-5-6-11(14-12(10)13)15-7-3-4-8-15/h5-6,9H,3-4,7-8H2,1-2H3. The Morgan fingerprint density at radius 2 is 1.93 bits per heavy atom. The van der Waals surface area contributed by atoms with Crippen molar-refractivity contribution < 1.29 is 4.39 Å². The van der Waals surface area contributed by atoms with Crippen LogP contribution in [-0.2, 0) is 0 Å². The molecule has 0 atom stereocenters. The first-order chi connectivity index (χ1) is 7.18. The molecule has 1 aromatic rings. The summed E-state index contributed by atoms with van der Waals surface area (Å²) in [6.45, 7) is 5.98. The summed E-state index contributed by atoms with van der Waals surface area (Å²) in [7, 11) is 0. The van der Waals surface area contributed by atoms with Crippen molar-refractivity contribution in [3.8, 4) is 0 Å². The lowest BCUT2D eigenvalue weighted by atomic mass is 10.1. The quantitative estimate of drug-likeness (QED) is 0.695. The summed E-state index contributed by atoms with van der Waals surface area (Å²) < 4.78 is 13.6. The number of hydrogen-bond donors (Lipinski definition) is 0. The third kappa shape index (κ3) is 2.11. The maximum absolute atomic E-state index is 13.6. The van der Waals surface area contributed by atoms with E-state index in [9.17, 15) is 4.39 Å². The van der Waals surface area contributed by atoms with Crippen molar-refractivity contribution in [3.63, 3.8) is 0 Å². The molecule has 2 heterocycles. The highest BCUT2D eigenvalue weighted by molar-refractivity contribution is 5.41. The van der Waals surface area contributed by atoms with Crippen molar-refractivity contribution in [2.24, 2.45) is 0 Å². The molecule has 82 valence electrons. The summed E-state index contributed by atoms with van der Waals surface area (Å²) in [5.74, 6) is 0.675. The zero-order chi connectivity index (χ0) is 10.8. The van der Waals surface area contributed by atoms with Gasteiger partial charge in [-0.25, -0.2) is 4.98 Å². The van der Waals surface area contributed by atoms with E-state index in [4.69, 9.17) is 0 Å². The summed E-state index contributed by atoms with van der Waals surface area (Å²) >= 11 is 0.